The highest BCUT2D eigenvalue weighted by Crippen LogP contribution is 2.39. The Balaban J connectivity index is 2.02. The van der Waals surface area contributed by atoms with Gasteiger partial charge in [-0.3, -0.25) is 0 Å². The first-order valence-corrected chi connectivity index (χ1v) is 6.92. The molecule has 0 aromatic carbocycles. The summed E-state index contributed by atoms with van der Waals surface area (Å²) in [7, 11) is 0. The topological polar surface area (TPSA) is 26.0 Å². The fourth-order valence-corrected chi connectivity index (χ4v) is 3.68. The molecule has 1 nitrogen and oxygen atoms in total. The van der Waals surface area contributed by atoms with E-state index < -0.39 is 0 Å². The van der Waals surface area contributed by atoms with Gasteiger partial charge in [-0.15, -0.1) is 11.3 Å². The smallest absolute Gasteiger partial charge is 0.0561 e. The van der Waals surface area contributed by atoms with E-state index in [4.69, 9.17) is 17.3 Å². The van der Waals surface area contributed by atoms with Crippen molar-refractivity contribution in [2.24, 2.45) is 17.6 Å². The van der Waals surface area contributed by atoms with Crippen molar-refractivity contribution < 1.29 is 0 Å². The summed E-state index contributed by atoms with van der Waals surface area (Å²) >= 11 is 7.81. The average Bonchev–Trinajstić information content (AvgIpc) is 2.65. The van der Waals surface area contributed by atoms with Crippen LogP contribution >= 0.6 is 22.9 Å². The van der Waals surface area contributed by atoms with Crippen LogP contribution < -0.4 is 5.73 Å². The van der Waals surface area contributed by atoms with Crippen LogP contribution in [0, 0.1) is 11.8 Å². The maximum atomic E-state index is 6.29. The monoisotopic (exact) mass is 243 g/mol. The van der Waals surface area contributed by atoms with Crippen molar-refractivity contribution in [3.05, 3.63) is 21.3 Å². The molecule has 84 valence electrons. The summed E-state index contributed by atoms with van der Waals surface area (Å²) in [6.45, 7) is 2.33. The molecule has 1 aromatic heterocycles. The van der Waals surface area contributed by atoms with Crippen LogP contribution in [0.25, 0.3) is 0 Å². The van der Waals surface area contributed by atoms with Gasteiger partial charge in [-0.1, -0.05) is 31.4 Å². The highest BCUT2D eigenvalue weighted by Gasteiger charge is 2.26. The van der Waals surface area contributed by atoms with E-state index in [1.807, 2.05) is 11.4 Å². The second-order valence-electron chi connectivity index (χ2n) is 4.68. The van der Waals surface area contributed by atoms with Gasteiger partial charge in [0.1, 0.15) is 0 Å². The van der Waals surface area contributed by atoms with Gasteiger partial charge in [0.2, 0.25) is 0 Å². The van der Waals surface area contributed by atoms with E-state index in [0.29, 0.717) is 5.92 Å². The second-order valence-corrected chi connectivity index (χ2v) is 6.03. The average molecular weight is 244 g/mol. The van der Waals surface area contributed by atoms with Gasteiger partial charge in [0.15, 0.2) is 0 Å². The van der Waals surface area contributed by atoms with Crippen molar-refractivity contribution in [3.8, 4) is 0 Å². The van der Waals surface area contributed by atoms with Gasteiger partial charge in [-0.25, -0.2) is 0 Å². The molecule has 3 heteroatoms. The van der Waals surface area contributed by atoms with Crippen LogP contribution in [0.3, 0.4) is 0 Å². The summed E-state index contributed by atoms with van der Waals surface area (Å²) in [6, 6.07) is 2.11. The van der Waals surface area contributed by atoms with Crippen molar-refractivity contribution >= 4 is 22.9 Å². The largest absolute Gasteiger partial charge is 0.323 e. The molecule has 0 amide bonds. The summed E-state index contributed by atoms with van der Waals surface area (Å²) in [5, 5.41) is 2.88. The van der Waals surface area contributed by atoms with Crippen LogP contribution in [0.5, 0.6) is 0 Å². The molecule has 0 saturated heterocycles. The van der Waals surface area contributed by atoms with Gasteiger partial charge >= 0.3 is 0 Å². The maximum absolute atomic E-state index is 6.29. The second kappa shape index (κ2) is 4.86. The highest BCUT2D eigenvalue weighted by atomic mass is 35.5. The van der Waals surface area contributed by atoms with Crippen molar-refractivity contribution in [1.29, 1.82) is 0 Å². The molecule has 1 atom stereocenters. The molecule has 0 bridgehead atoms. The molecule has 0 spiro atoms. The van der Waals surface area contributed by atoms with Gasteiger partial charge in [0.05, 0.1) is 5.02 Å². The molecule has 0 radical (unpaired) electrons. The third-order valence-corrected chi connectivity index (χ3v) is 4.98. The van der Waals surface area contributed by atoms with E-state index in [1.165, 1.54) is 30.6 Å². The first-order valence-electron chi connectivity index (χ1n) is 5.67. The lowest BCUT2D eigenvalue weighted by atomic mass is 9.79. The van der Waals surface area contributed by atoms with Gasteiger partial charge in [-0.2, -0.15) is 0 Å². The highest BCUT2D eigenvalue weighted by molar-refractivity contribution is 7.10. The number of hydrogen-bond donors (Lipinski definition) is 1. The van der Waals surface area contributed by atoms with Gasteiger partial charge < -0.3 is 5.73 Å². The number of halogens is 1. The van der Waals surface area contributed by atoms with Gasteiger partial charge in [0.25, 0.3) is 0 Å². The molecule has 1 saturated carbocycles. The lowest BCUT2D eigenvalue weighted by Crippen LogP contribution is -2.24. The number of hydrogen-bond acceptors (Lipinski definition) is 2. The summed E-state index contributed by atoms with van der Waals surface area (Å²) in [6.07, 6.45) is 5.16. The minimum absolute atomic E-state index is 0.157. The van der Waals surface area contributed by atoms with Crippen molar-refractivity contribution in [3.63, 3.8) is 0 Å². The Kier molecular flexibility index (Phi) is 3.70. The zero-order chi connectivity index (χ0) is 10.8. The minimum Gasteiger partial charge on any atom is -0.323 e. The quantitative estimate of drug-likeness (QED) is 0.827. The molecule has 1 heterocycles. The van der Waals surface area contributed by atoms with Crippen LogP contribution in [0.2, 0.25) is 5.02 Å². The molecule has 1 unspecified atom stereocenters. The molecule has 1 aromatic rings. The lowest BCUT2D eigenvalue weighted by Gasteiger charge is -2.30. The Morgan fingerprint density at radius 1 is 1.40 bits per heavy atom. The molecule has 2 rings (SSSR count). The van der Waals surface area contributed by atoms with Crippen LogP contribution in [0.4, 0.5) is 0 Å². The normalized spacial score (nSPS) is 29.0. The Morgan fingerprint density at radius 3 is 2.60 bits per heavy atom. The SMILES string of the molecule is CC1CCC(C(N)c2sccc2Cl)CC1. The van der Waals surface area contributed by atoms with E-state index >= 15 is 0 Å². The van der Waals surface area contributed by atoms with Crippen molar-refractivity contribution in [1.82, 2.24) is 0 Å². The zero-order valence-electron chi connectivity index (χ0n) is 9.08. The molecule has 1 fully saturated rings. The Labute approximate surface area is 101 Å². The van der Waals surface area contributed by atoms with Crippen LogP contribution in [0.1, 0.15) is 43.5 Å². The Morgan fingerprint density at radius 2 is 2.07 bits per heavy atom. The molecule has 2 N–H and O–H groups in total. The van der Waals surface area contributed by atoms with E-state index in [9.17, 15) is 0 Å². The third-order valence-electron chi connectivity index (χ3n) is 3.52. The lowest BCUT2D eigenvalue weighted by molar-refractivity contribution is 0.258. The third kappa shape index (κ3) is 2.55. The zero-order valence-corrected chi connectivity index (χ0v) is 10.7. The molecule has 15 heavy (non-hydrogen) atoms. The molecule has 1 aliphatic rings. The minimum atomic E-state index is 0.157. The summed E-state index contributed by atoms with van der Waals surface area (Å²) in [4.78, 5) is 1.18. The van der Waals surface area contributed by atoms with Crippen molar-refractivity contribution in [2.75, 3.05) is 0 Å². The van der Waals surface area contributed by atoms with Crippen LogP contribution in [0.15, 0.2) is 11.4 Å². The first kappa shape index (κ1) is 11.4. The number of thiophene rings is 1. The number of rotatable bonds is 2. The van der Waals surface area contributed by atoms with Crippen LogP contribution in [-0.4, -0.2) is 0 Å². The maximum Gasteiger partial charge on any atom is 0.0561 e. The van der Waals surface area contributed by atoms with Gasteiger partial charge in [0, 0.05) is 10.9 Å². The summed E-state index contributed by atoms with van der Waals surface area (Å²) < 4.78 is 0. The van der Waals surface area contributed by atoms with Crippen LogP contribution in [-0.2, 0) is 0 Å². The standard InChI is InChI=1S/C12H18ClNS/c1-8-2-4-9(5-3-8)11(14)12-10(13)6-7-15-12/h6-9,11H,2-5,14H2,1H3. The Hall–Kier alpha value is -0.0500. The number of nitrogens with two attached hydrogens (primary N) is 1. The predicted octanol–water partition coefficient (Wildman–Crippen LogP) is 4.23. The first-order chi connectivity index (χ1) is 7.18. The fourth-order valence-electron chi connectivity index (χ4n) is 2.40. The molecular weight excluding hydrogens is 226 g/mol. The van der Waals surface area contributed by atoms with E-state index in [0.717, 1.165) is 10.9 Å². The van der Waals surface area contributed by atoms with E-state index in [-0.39, 0.29) is 6.04 Å². The molecule has 1 aliphatic carbocycles. The fraction of sp³-hybridized carbons (Fsp3) is 0.667. The molecular formula is C12H18ClNS. The summed E-state index contributed by atoms with van der Waals surface area (Å²) in [5.74, 6) is 1.52. The predicted molar refractivity (Wildman–Crippen MR) is 67.4 cm³/mol. The Bertz CT molecular complexity index is 315. The molecule has 0 aliphatic heterocycles. The van der Waals surface area contributed by atoms with E-state index in [1.54, 1.807) is 11.3 Å². The van der Waals surface area contributed by atoms with Gasteiger partial charge in [-0.05, 0) is 36.1 Å². The summed E-state index contributed by atoms with van der Waals surface area (Å²) in [5.41, 5.74) is 6.29. The van der Waals surface area contributed by atoms with E-state index in [2.05, 4.69) is 6.92 Å². The van der Waals surface area contributed by atoms with Crippen molar-refractivity contribution in [2.45, 2.75) is 38.6 Å².